The van der Waals surface area contributed by atoms with Gasteiger partial charge in [-0.3, -0.25) is 0 Å². The normalized spacial score (nSPS) is 13.5. The Balaban J connectivity index is 1.83. The van der Waals surface area contributed by atoms with E-state index in [-0.39, 0.29) is 12.1 Å². The number of carbonyl (C=O) groups excluding carboxylic acids is 1. The molecule has 2 rings (SSSR count). The Morgan fingerprint density at radius 2 is 1.55 bits per heavy atom. The van der Waals surface area contributed by atoms with Crippen LogP contribution in [0.1, 0.15) is 31.1 Å². The summed E-state index contributed by atoms with van der Waals surface area (Å²) >= 11 is 0. The topological polar surface area (TPSA) is 35.5 Å². The van der Waals surface area contributed by atoms with E-state index in [9.17, 15) is 4.79 Å². The Bertz CT molecular complexity index is 605. The first-order valence-electron chi connectivity index (χ1n) is 7.29. The zero-order chi connectivity index (χ0) is 15.8. The Morgan fingerprint density at radius 3 is 2.18 bits per heavy atom. The number of hydrogen-bond donors (Lipinski definition) is 0. The summed E-state index contributed by atoms with van der Waals surface area (Å²) in [5.74, 6) is -0.380. The average Bonchev–Trinajstić information content (AvgIpc) is 2.56. The Labute approximate surface area is 131 Å². The summed E-state index contributed by atoms with van der Waals surface area (Å²) < 4.78 is 10.8. The third kappa shape index (κ3) is 4.77. The van der Waals surface area contributed by atoms with Crippen molar-refractivity contribution in [3.05, 3.63) is 78.1 Å². The van der Waals surface area contributed by atoms with Crippen molar-refractivity contribution in [3.63, 3.8) is 0 Å². The fourth-order valence-corrected chi connectivity index (χ4v) is 1.92. The molecule has 2 aromatic rings. The molecule has 3 heteroatoms. The molecule has 0 saturated carbocycles. The van der Waals surface area contributed by atoms with E-state index in [0.717, 1.165) is 11.1 Å². The first kappa shape index (κ1) is 15.8. The van der Waals surface area contributed by atoms with Gasteiger partial charge >= 0.3 is 5.97 Å². The highest BCUT2D eigenvalue weighted by molar-refractivity contribution is 5.74. The lowest BCUT2D eigenvalue weighted by atomic mass is 10.1. The van der Waals surface area contributed by atoms with Crippen molar-refractivity contribution in [1.82, 2.24) is 0 Å². The molecular formula is C19H20O3. The SMILES string of the molecule is CC(OC=Cc1ccccc1)C(=O)OC(C)c1ccccc1. The summed E-state index contributed by atoms with van der Waals surface area (Å²) in [6, 6.07) is 19.4. The maximum absolute atomic E-state index is 12.0. The van der Waals surface area contributed by atoms with E-state index in [2.05, 4.69) is 0 Å². The first-order chi connectivity index (χ1) is 10.7. The van der Waals surface area contributed by atoms with Crippen LogP contribution in [0.4, 0.5) is 0 Å². The molecule has 2 aromatic carbocycles. The van der Waals surface area contributed by atoms with Crippen LogP contribution in [0.25, 0.3) is 6.08 Å². The summed E-state index contributed by atoms with van der Waals surface area (Å²) in [6.45, 7) is 3.52. The number of hydrogen-bond acceptors (Lipinski definition) is 3. The molecule has 0 aromatic heterocycles. The molecule has 0 amide bonds. The number of ether oxygens (including phenoxy) is 2. The second-order valence-electron chi connectivity index (χ2n) is 4.98. The van der Waals surface area contributed by atoms with Gasteiger partial charge in [-0.25, -0.2) is 4.79 Å². The van der Waals surface area contributed by atoms with Crippen LogP contribution < -0.4 is 0 Å². The van der Waals surface area contributed by atoms with Crippen molar-refractivity contribution in [2.75, 3.05) is 0 Å². The highest BCUT2D eigenvalue weighted by atomic mass is 16.6. The zero-order valence-corrected chi connectivity index (χ0v) is 12.8. The molecule has 0 aliphatic carbocycles. The molecule has 2 atom stereocenters. The van der Waals surface area contributed by atoms with Crippen LogP contribution in [0.2, 0.25) is 0 Å². The monoisotopic (exact) mass is 296 g/mol. The fourth-order valence-electron chi connectivity index (χ4n) is 1.92. The van der Waals surface area contributed by atoms with Crippen LogP contribution in [0.15, 0.2) is 66.9 Å². The predicted molar refractivity (Wildman–Crippen MR) is 87.0 cm³/mol. The molecule has 3 nitrogen and oxygen atoms in total. The third-order valence-electron chi connectivity index (χ3n) is 3.24. The van der Waals surface area contributed by atoms with Crippen molar-refractivity contribution >= 4 is 12.0 Å². The molecule has 2 unspecified atom stereocenters. The van der Waals surface area contributed by atoms with Crippen molar-refractivity contribution in [3.8, 4) is 0 Å². The van der Waals surface area contributed by atoms with Crippen LogP contribution in [0.5, 0.6) is 0 Å². The van der Waals surface area contributed by atoms with Gasteiger partial charge in [0.05, 0.1) is 6.26 Å². The van der Waals surface area contributed by atoms with Gasteiger partial charge in [-0.2, -0.15) is 0 Å². The lowest BCUT2D eigenvalue weighted by Crippen LogP contribution is -2.22. The highest BCUT2D eigenvalue weighted by Crippen LogP contribution is 2.17. The number of esters is 1. The van der Waals surface area contributed by atoms with E-state index < -0.39 is 6.10 Å². The van der Waals surface area contributed by atoms with Crippen molar-refractivity contribution in [1.29, 1.82) is 0 Å². The molecule has 0 aliphatic rings. The van der Waals surface area contributed by atoms with Gasteiger partial charge in [0.2, 0.25) is 0 Å². The lowest BCUT2D eigenvalue weighted by Gasteiger charge is -2.16. The molecule has 0 fully saturated rings. The summed E-state index contributed by atoms with van der Waals surface area (Å²) in [4.78, 5) is 12.0. The third-order valence-corrected chi connectivity index (χ3v) is 3.24. The second kappa shape index (κ2) is 8.03. The first-order valence-corrected chi connectivity index (χ1v) is 7.29. The maximum atomic E-state index is 12.0. The van der Waals surface area contributed by atoms with Gasteiger partial charge in [0.1, 0.15) is 6.10 Å². The van der Waals surface area contributed by atoms with Crippen molar-refractivity contribution in [2.45, 2.75) is 26.1 Å². The summed E-state index contributed by atoms with van der Waals surface area (Å²) in [5.41, 5.74) is 1.98. The van der Waals surface area contributed by atoms with Gasteiger partial charge in [0, 0.05) is 0 Å². The minimum atomic E-state index is -0.647. The number of rotatable bonds is 6. The molecule has 0 spiro atoms. The standard InChI is InChI=1S/C19H20O3/c1-15(18-11-7-4-8-12-18)22-19(20)16(2)21-14-13-17-9-5-3-6-10-17/h3-16H,1-2H3. The van der Waals surface area contributed by atoms with Crippen LogP contribution in [-0.2, 0) is 14.3 Å². The van der Waals surface area contributed by atoms with Gasteiger partial charge in [0.15, 0.2) is 6.10 Å². The van der Waals surface area contributed by atoms with Gasteiger partial charge in [-0.05, 0) is 31.1 Å². The Morgan fingerprint density at radius 1 is 0.955 bits per heavy atom. The van der Waals surface area contributed by atoms with Gasteiger partial charge < -0.3 is 9.47 Å². The molecular weight excluding hydrogens is 276 g/mol. The van der Waals surface area contributed by atoms with Crippen LogP contribution in [0.3, 0.4) is 0 Å². The molecule has 0 heterocycles. The number of benzene rings is 2. The van der Waals surface area contributed by atoms with Crippen LogP contribution in [-0.4, -0.2) is 12.1 Å². The van der Waals surface area contributed by atoms with Crippen molar-refractivity contribution in [2.24, 2.45) is 0 Å². The van der Waals surface area contributed by atoms with E-state index in [1.807, 2.05) is 73.7 Å². The quantitative estimate of drug-likeness (QED) is 0.586. The van der Waals surface area contributed by atoms with Crippen LogP contribution >= 0.6 is 0 Å². The lowest BCUT2D eigenvalue weighted by molar-refractivity contribution is -0.157. The maximum Gasteiger partial charge on any atom is 0.347 e. The molecule has 0 N–H and O–H groups in total. The summed E-state index contributed by atoms with van der Waals surface area (Å²) in [6.07, 6.45) is 2.39. The largest absolute Gasteiger partial charge is 0.487 e. The predicted octanol–water partition coefficient (Wildman–Crippen LogP) is 4.37. The smallest absolute Gasteiger partial charge is 0.347 e. The van der Waals surface area contributed by atoms with E-state index in [0.29, 0.717) is 0 Å². The molecule has 0 saturated heterocycles. The van der Waals surface area contributed by atoms with Crippen LogP contribution in [0, 0.1) is 0 Å². The van der Waals surface area contributed by atoms with E-state index >= 15 is 0 Å². The molecule has 0 radical (unpaired) electrons. The van der Waals surface area contributed by atoms with E-state index in [1.165, 1.54) is 6.26 Å². The molecule has 0 aliphatic heterocycles. The van der Waals surface area contributed by atoms with Gasteiger partial charge in [-0.1, -0.05) is 60.7 Å². The minimum Gasteiger partial charge on any atom is -0.487 e. The van der Waals surface area contributed by atoms with Gasteiger partial charge in [0.25, 0.3) is 0 Å². The summed E-state index contributed by atoms with van der Waals surface area (Å²) in [5, 5.41) is 0. The molecule has 22 heavy (non-hydrogen) atoms. The highest BCUT2D eigenvalue weighted by Gasteiger charge is 2.18. The molecule has 114 valence electrons. The Kier molecular flexibility index (Phi) is 5.78. The second-order valence-corrected chi connectivity index (χ2v) is 4.98. The zero-order valence-electron chi connectivity index (χ0n) is 12.8. The number of carbonyl (C=O) groups is 1. The van der Waals surface area contributed by atoms with E-state index in [4.69, 9.17) is 9.47 Å². The average molecular weight is 296 g/mol. The van der Waals surface area contributed by atoms with E-state index in [1.54, 1.807) is 6.92 Å². The minimum absolute atomic E-state index is 0.294. The summed E-state index contributed by atoms with van der Waals surface area (Å²) in [7, 11) is 0. The fraction of sp³-hybridized carbons (Fsp3) is 0.211. The Hall–Kier alpha value is -2.55. The van der Waals surface area contributed by atoms with Crippen molar-refractivity contribution < 1.29 is 14.3 Å². The van der Waals surface area contributed by atoms with Gasteiger partial charge in [-0.15, -0.1) is 0 Å². The molecule has 0 bridgehead atoms.